The maximum Gasteiger partial charge on any atom is 0.210 e. The molecule has 0 fully saturated rings. The second kappa shape index (κ2) is 5.35. The van der Waals surface area contributed by atoms with Crippen LogP contribution in [0.4, 0.5) is 0 Å². The molecule has 0 aliphatic rings. The predicted molar refractivity (Wildman–Crippen MR) is 80.4 cm³/mol. The minimum Gasteiger partial charge on any atom is -0.240 e. The number of hydrogen-bond donors (Lipinski definition) is 0. The van der Waals surface area contributed by atoms with Crippen LogP contribution in [0, 0.1) is 20.8 Å². The van der Waals surface area contributed by atoms with E-state index in [1.54, 1.807) is 39.0 Å². The van der Waals surface area contributed by atoms with Gasteiger partial charge >= 0.3 is 0 Å². The van der Waals surface area contributed by atoms with Crippen molar-refractivity contribution < 1.29 is 8.42 Å². The number of hydrogen-bond acceptors (Lipinski definition) is 3. The van der Waals surface area contributed by atoms with Crippen LogP contribution in [0.5, 0.6) is 0 Å². The van der Waals surface area contributed by atoms with E-state index in [4.69, 9.17) is 23.2 Å². The maximum atomic E-state index is 12.8. The Kier molecular flexibility index (Phi) is 4.09. The van der Waals surface area contributed by atoms with Crippen molar-refractivity contribution >= 4 is 33.0 Å². The molecule has 2 aromatic rings. The molecule has 1 aromatic heterocycles. The topological polar surface area (TPSA) is 47.0 Å². The van der Waals surface area contributed by atoms with Gasteiger partial charge in [0.15, 0.2) is 0 Å². The van der Waals surface area contributed by atoms with E-state index >= 15 is 0 Å². The number of pyridine rings is 1. The molecule has 0 saturated heterocycles. The molecule has 2 rings (SSSR count). The van der Waals surface area contributed by atoms with Crippen molar-refractivity contribution in [1.29, 1.82) is 0 Å². The first-order valence-electron chi connectivity index (χ1n) is 5.88. The third-order valence-electron chi connectivity index (χ3n) is 2.95. The molecule has 0 aliphatic carbocycles. The van der Waals surface area contributed by atoms with E-state index in [2.05, 4.69) is 4.98 Å². The zero-order chi connectivity index (χ0) is 15.1. The van der Waals surface area contributed by atoms with Gasteiger partial charge < -0.3 is 0 Å². The summed E-state index contributed by atoms with van der Waals surface area (Å²) in [4.78, 5) is 4.22. The molecule has 0 radical (unpaired) electrons. The first-order chi connectivity index (χ1) is 9.23. The molecule has 0 atom stereocenters. The molecule has 0 bridgehead atoms. The average Bonchev–Trinajstić information content (AvgIpc) is 2.30. The Bertz CT molecular complexity index is 763. The lowest BCUT2D eigenvalue weighted by atomic mass is 10.2. The van der Waals surface area contributed by atoms with Crippen molar-refractivity contribution in [2.45, 2.75) is 30.6 Å². The van der Waals surface area contributed by atoms with Gasteiger partial charge in [-0.3, -0.25) is 0 Å². The van der Waals surface area contributed by atoms with Gasteiger partial charge in [0, 0.05) is 10.7 Å². The Morgan fingerprint density at radius 1 is 1.00 bits per heavy atom. The number of aromatic nitrogens is 1. The van der Waals surface area contributed by atoms with Crippen LogP contribution >= 0.6 is 23.2 Å². The molecule has 0 N–H and O–H groups in total. The Hall–Kier alpha value is -1.10. The summed E-state index contributed by atoms with van der Waals surface area (Å²) in [6.07, 6.45) is 0. The molecule has 3 nitrogen and oxygen atoms in total. The van der Waals surface area contributed by atoms with Crippen LogP contribution in [0.1, 0.15) is 16.8 Å². The molecule has 0 unspecified atom stereocenters. The van der Waals surface area contributed by atoms with Gasteiger partial charge in [-0.2, -0.15) is 0 Å². The van der Waals surface area contributed by atoms with Crippen molar-refractivity contribution in [2.75, 3.05) is 0 Å². The van der Waals surface area contributed by atoms with Gasteiger partial charge in [0.2, 0.25) is 9.84 Å². The highest BCUT2D eigenvalue weighted by Crippen LogP contribution is 2.32. The Balaban J connectivity index is 2.77. The van der Waals surface area contributed by atoms with E-state index in [-0.39, 0.29) is 14.9 Å². The second-order valence-electron chi connectivity index (χ2n) is 4.61. The van der Waals surface area contributed by atoms with E-state index in [9.17, 15) is 8.42 Å². The fourth-order valence-corrected chi connectivity index (χ4v) is 4.64. The summed E-state index contributed by atoms with van der Waals surface area (Å²) in [5, 5.41) is 0.352. The molecule has 20 heavy (non-hydrogen) atoms. The van der Waals surface area contributed by atoms with E-state index < -0.39 is 9.84 Å². The molecule has 1 heterocycles. The van der Waals surface area contributed by atoms with Gasteiger partial charge in [0.25, 0.3) is 0 Å². The summed E-state index contributed by atoms with van der Waals surface area (Å²) < 4.78 is 25.6. The normalized spacial score (nSPS) is 11.7. The van der Waals surface area contributed by atoms with Crippen LogP contribution < -0.4 is 0 Å². The van der Waals surface area contributed by atoms with Crippen LogP contribution in [-0.2, 0) is 9.84 Å². The fourth-order valence-electron chi connectivity index (χ4n) is 2.08. The van der Waals surface area contributed by atoms with E-state index in [1.165, 1.54) is 6.07 Å². The molecule has 0 saturated carbocycles. The van der Waals surface area contributed by atoms with Crippen LogP contribution in [0.15, 0.2) is 34.1 Å². The third-order valence-corrected chi connectivity index (χ3v) is 5.65. The summed E-state index contributed by atoms with van der Waals surface area (Å²) in [6.45, 7) is 5.18. The van der Waals surface area contributed by atoms with Crippen LogP contribution in [0.25, 0.3) is 0 Å². The van der Waals surface area contributed by atoms with Gasteiger partial charge in [0.05, 0.1) is 4.90 Å². The second-order valence-corrected chi connectivity index (χ2v) is 7.26. The van der Waals surface area contributed by atoms with Crippen LogP contribution in [0.3, 0.4) is 0 Å². The lowest BCUT2D eigenvalue weighted by molar-refractivity contribution is 0.594. The number of halogens is 2. The van der Waals surface area contributed by atoms with Gasteiger partial charge in [-0.25, -0.2) is 13.4 Å². The SMILES string of the molecule is Cc1cc(C)c(S(=O)(=O)c2cc(Cl)ccc2C)c(Cl)n1. The fraction of sp³-hybridized carbons (Fsp3) is 0.214. The molecule has 106 valence electrons. The van der Waals surface area contributed by atoms with Crippen molar-refractivity contribution in [1.82, 2.24) is 4.98 Å². The molecule has 0 amide bonds. The standard InChI is InChI=1S/C14H13Cl2NO2S/c1-8-4-5-11(15)7-12(8)20(18,19)13-9(2)6-10(3)17-14(13)16/h4-7H,1-3H3. The lowest BCUT2D eigenvalue weighted by Crippen LogP contribution is -2.08. The first-order valence-corrected chi connectivity index (χ1v) is 8.12. The van der Waals surface area contributed by atoms with Crippen LogP contribution in [0.2, 0.25) is 10.2 Å². The van der Waals surface area contributed by atoms with E-state index in [0.29, 0.717) is 21.8 Å². The highest BCUT2D eigenvalue weighted by Gasteiger charge is 2.26. The molecule has 0 spiro atoms. The zero-order valence-corrected chi connectivity index (χ0v) is 13.6. The molecule has 1 aromatic carbocycles. The molecular formula is C14H13Cl2NO2S. The number of aryl methyl sites for hydroxylation is 3. The largest absolute Gasteiger partial charge is 0.240 e. The summed E-state index contributed by atoms with van der Waals surface area (Å²) in [5.41, 5.74) is 1.86. The maximum absolute atomic E-state index is 12.8. The van der Waals surface area contributed by atoms with Crippen molar-refractivity contribution in [2.24, 2.45) is 0 Å². The van der Waals surface area contributed by atoms with Crippen molar-refractivity contribution in [3.05, 3.63) is 51.3 Å². The Morgan fingerprint density at radius 3 is 2.25 bits per heavy atom. The highest BCUT2D eigenvalue weighted by atomic mass is 35.5. The first kappa shape index (κ1) is 15.3. The highest BCUT2D eigenvalue weighted by molar-refractivity contribution is 7.91. The van der Waals surface area contributed by atoms with Crippen molar-refractivity contribution in [3.8, 4) is 0 Å². The molecule has 6 heteroatoms. The number of sulfone groups is 1. The average molecular weight is 330 g/mol. The smallest absolute Gasteiger partial charge is 0.210 e. The van der Waals surface area contributed by atoms with Gasteiger partial charge in [0.1, 0.15) is 10.0 Å². The summed E-state index contributed by atoms with van der Waals surface area (Å²) >= 11 is 11.9. The summed E-state index contributed by atoms with van der Waals surface area (Å²) in [6, 6.07) is 6.44. The third kappa shape index (κ3) is 2.68. The van der Waals surface area contributed by atoms with E-state index in [0.717, 1.165) is 0 Å². The zero-order valence-electron chi connectivity index (χ0n) is 11.2. The minimum atomic E-state index is -3.75. The quantitative estimate of drug-likeness (QED) is 0.777. The lowest BCUT2D eigenvalue weighted by Gasteiger charge is -2.12. The minimum absolute atomic E-state index is 0.0122. The monoisotopic (exact) mass is 329 g/mol. The number of benzene rings is 1. The van der Waals surface area contributed by atoms with Gasteiger partial charge in [-0.1, -0.05) is 29.3 Å². The Morgan fingerprint density at radius 2 is 1.65 bits per heavy atom. The Labute approximate surface area is 128 Å². The molecular weight excluding hydrogens is 317 g/mol. The predicted octanol–water partition coefficient (Wildman–Crippen LogP) is 4.15. The van der Waals surface area contributed by atoms with Crippen LogP contribution in [-0.4, -0.2) is 13.4 Å². The molecule has 0 aliphatic heterocycles. The number of nitrogens with zero attached hydrogens (tertiary/aromatic N) is 1. The summed E-state index contributed by atoms with van der Waals surface area (Å²) in [5.74, 6) is 0. The summed E-state index contributed by atoms with van der Waals surface area (Å²) in [7, 11) is -3.75. The van der Waals surface area contributed by atoms with Gasteiger partial charge in [-0.05, 0) is 50.1 Å². The van der Waals surface area contributed by atoms with Crippen molar-refractivity contribution in [3.63, 3.8) is 0 Å². The van der Waals surface area contributed by atoms with Gasteiger partial charge in [-0.15, -0.1) is 0 Å². The van der Waals surface area contributed by atoms with E-state index in [1.807, 2.05) is 0 Å². The number of rotatable bonds is 2.